The molecule has 1 aliphatic heterocycles. The predicted octanol–water partition coefficient (Wildman–Crippen LogP) is 1.02. The normalized spacial score (nSPS) is 22.3. The first-order valence-corrected chi connectivity index (χ1v) is 6.94. The van der Waals surface area contributed by atoms with Crippen LogP contribution >= 0.6 is 0 Å². The van der Waals surface area contributed by atoms with Crippen molar-refractivity contribution in [1.29, 1.82) is 0 Å². The summed E-state index contributed by atoms with van der Waals surface area (Å²) < 4.78 is 5.51. The van der Waals surface area contributed by atoms with Gasteiger partial charge >= 0.3 is 0 Å². The summed E-state index contributed by atoms with van der Waals surface area (Å²) in [5.74, 6) is 0. The Morgan fingerprint density at radius 1 is 1.32 bits per heavy atom. The van der Waals surface area contributed by atoms with Crippen molar-refractivity contribution in [1.82, 2.24) is 4.90 Å². The third-order valence-corrected chi connectivity index (χ3v) is 3.37. The van der Waals surface area contributed by atoms with Crippen LogP contribution in [0.1, 0.15) is 18.4 Å². The van der Waals surface area contributed by atoms with E-state index in [2.05, 4.69) is 4.90 Å². The summed E-state index contributed by atoms with van der Waals surface area (Å²) >= 11 is 0. The number of hydrogen-bond acceptors (Lipinski definition) is 4. The van der Waals surface area contributed by atoms with Crippen LogP contribution in [-0.4, -0.2) is 53.6 Å². The maximum absolute atomic E-state index is 9.92. The van der Waals surface area contributed by atoms with Crippen molar-refractivity contribution in [2.75, 3.05) is 26.2 Å². The Balaban J connectivity index is 1.63. The molecule has 1 heterocycles. The Bertz CT molecular complexity index is 358. The van der Waals surface area contributed by atoms with Crippen LogP contribution in [0.3, 0.4) is 0 Å². The minimum atomic E-state index is -0.492. The fraction of sp³-hybridized carbons (Fsp3) is 0.600. The van der Waals surface area contributed by atoms with Crippen molar-refractivity contribution in [2.24, 2.45) is 0 Å². The van der Waals surface area contributed by atoms with Gasteiger partial charge in [-0.3, -0.25) is 4.90 Å². The van der Waals surface area contributed by atoms with Gasteiger partial charge in [0, 0.05) is 13.1 Å². The molecule has 2 N–H and O–H groups in total. The van der Waals surface area contributed by atoms with Crippen LogP contribution < -0.4 is 0 Å². The fourth-order valence-corrected chi connectivity index (χ4v) is 2.43. The average Bonchev–Trinajstić information content (AvgIpc) is 2.40. The Labute approximate surface area is 114 Å². The molecule has 0 aliphatic carbocycles. The van der Waals surface area contributed by atoms with Crippen LogP contribution in [0.15, 0.2) is 30.3 Å². The first kappa shape index (κ1) is 14.5. The number of benzene rings is 1. The van der Waals surface area contributed by atoms with Gasteiger partial charge in [0.05, 0.1) is 25.4 Å². The molecular formula is C15H23NO3. The van der Waals surface area contributed by atoms with Crippen molar-refractivity contribution >= 4 is 0 Å². The summed E-state index contributed by atoms with van der Waals surface area (Å²) in [5.41, 5.74) is 1.11. The van der Waals surface area contributed by atoms with Gasteiger partial charge in [-0.25, -0.2) is 0 Å². The standard InChI is InChI=1S/C15H23NO3/c17-14-7-4-8-16(9-14)10-15(18)12-19-11-13-5-2-1-3-6-13/h1-3,5-6,14-15,17-18H,4,7-12H2/t14-,15+/m1/s1. The van der Waals surface area contributed by atoms with E-state index < -0.39 is 6.10 Å². The number of rotatable bonds is 6. The highest BCUT2D eigenvalue weighted by atomic mass is 16.5. The largest absolute Gasteiger partial charge is 0.392 e. The second-order valence-electron chi connectivity index (χ2n) is 5.21. The monoisotopic (exact) mass is 265 g/mol. The third-order valence-electron chi connectivity index (χ3n) is 3.37. The van der Waals surface area contributed by atoms with Gasteiger partial charge in [0.15, 0.2) is 0 Å². The molecule has 19 heavy (non-hydrogen) atoms. The molecule has 1 saturated heterocycles. The number of piperidine rings is 1. The third kappa shape index (κ3) is 5.28. The Kier molecular flexibility index (Phi) is 5.79. The minimum absolute atomic E-state index is 0.244. The quantitative estimate of drug-likeness (QED) is 0.806. The van der Waals surface area contributed by atoms with Crippen LogP contribution in [0.5, 0.6) is 0 Å². The lowest BCUT2D eigenvalue weighted by Gasteiger charge is -2.31. The number of likely N-dealkylation sites (tertiary alicyclic amines) is 1. The molecule has 0 saturated carbocycles. The second-order valence-corrected chi connectivity index (χ2v) is 5.21. The van der Waals surface area contributed by atoms with Crippen molar-refractivity contribution in [3.8, 4) is 0 Å². The zero-order valence-corrected chi connectivity index (χ0v) is 11.2. The van der Waals surface area contributed by atoms with E-state index in [1.165, 1.54) is 0 Å². The van der Waals surface area contributed by atoms with E-state index in [-0.39, 0.29) is 6.10 Å². The van der Waals surface area contributed by atoms with Gasteiger partial charge in [0.1, 0.15) is 0 Å². The Morgan fingerprint density at radius 3 is 2.84 bits per heavy atom. The van der Waals surface area contributed by atoms with Gasteiger partial charge in [-0.1, -0.05) is 30.3 Å². The molecular weight excluding hydrogens is 242 g/mol. The van der Waals surface area contributed by atoms with E-state index in [9.17, 15) is 10.2 Å². The number of nitrogens with zero attached hydrogens (tertiary/aromatic N) is 1. The molecule has 1 aromatic carbocycles. The van der Waals surface area contributed by atoms with Gasteiger partial charge in [0.2, 0.25) is 0 Å². The minimum Gasteiger partial charge on any atom is -0.392 e. The molecule has 0 amide bonds. The predicted molar refractivity (Wildman–Crippen MR) is 73.8 cm³/mol. The molecule has 2 rings (SSSR count). The smallest absolute Gasteiger partial charge is 0.0900 e. The van der Waals surface area contributed by atoms with Gasteiger partial charge in [-0.2, -0.15) is 0 Å². The highest BCUT2D eigenvalue weighted by Gasteiger charge is 2.19. The summed E-state index contributed by atoms with van der Waals surface area (Å²) in [6.07, 6.45) is 1.13. The molecule has 1 fully saturated rings. The molecule has 0 radical (unpaired) electrons. The number of aliphatic hydroxyl groups is 2. The van der Waals surface area contributed by atoms with E-state index in [4.69, 9.17) is 4.74 Å². The fourth-order valence-electron chi connectivity index (χ4n) is 2.43. The Morgan fingerprint density at radius 2 is 2.11 bits per heavy atom. The molecule has 106 valence electrons. The zero-order chi connectivity index (χ0) is 13.5. The molecule has 0 unspecified atom stereocenters. The van der Waals surface area contributed by atoms with E-state index >= 15 is 0 Å². The number of hydrogen-bond donors (Lipinski definition) is 2. The van der Waals surface area contributed by atoms with E-state index in [0.717, 1.165) is 24.9 Å². The molecule has 2 atom stereocenters. The van der Waals surface area contributed by atoms with Gasteiger partial charge < -0.3 is 14.9 Å². The highest BCUT2D eigenvalue weighted by molar-refractivity contribution is 5.13. The summed E-state index contributed by atoms with van der Waals surface area (Å²) in [7, 11) is 0. The molecule has 0 spiro atoms. The number of ether oxygens (including phenoxy) is 1. The maximum atomic E-state index is 9.92. The summed E-state index contributed by atoms with van der Waals surface area (Å²) in [6, 6.07) is 9.94. The second kappa shape index (κ2) is 7.60. The van der Waals surface area contributed by atoms with Gasteiger partial charge in [0.25, 0.3) is 0 Å². The number of aliphatic hydroxyl groups excluding tert-OH is 2. The molecule has 1 aromatic rings. The summed E-state index contributed by atoms with van der Waals surface area (Å²) in [6.45, 7) is 3.05. The van der Waals surface area contributed by atoms with Crippen LogP contribution in [-0.2, 0) is 11.3 Å². The molecule has 4 heteroatoms. The van der Waals surface area contributed by atoms with Crippen LogP contribution in [0.25, 0.3) is 0 Å². The first-order chi connectivity index (χ1) is 9.24. The van der Waals surface area contributed by atoms with Crippen molar-refractivity contribution < 1.29 is 14.9 Å². The molecule has 1 aliphatic rings. The lowest BCUT2D eigenvalue weighted by molar-refractivity contribution is -0.00734. The lowest BCUT2D eigenvalue weighted by Crippen LogP contribution is -2.43. The topological polar surface area (TPSA) is 52.9 Å². The highest BCUT2D eigenvalue weighted by Crippen LogP contribution is 2.10. The van der Waals surface area contributed by atoms with Crippen molar-refractivity contribution in [3.05, 3.63) is 35.9 Å². The van der Waals surface area contributed by atoms with Crippen molar-refractivity contribution in [2.45, 2.75) is 31.7 Å². The zero-order valence-electron chi connectivity index (χ0n) is 11.2. The first-order valence-electron chi connectivity index (χ1n) is 6.94. The van der Waals surface area contributed by atoms with Gasteiger partial charge in [-0.05, 0) is 24.9 Å². The molecule has 4 nitrogen and oxygen atoms in total. The maximum Gasteiger partial charge on any atom is 0.0900 e. The van der Waals surface area contributed by atoms with E-state index in [1.54, 1.807) is 0 Å². The summed E-state index contributed by atoms with van der Waals surface area (Å²) in [5, 5.41) is 19.5. The molecule has 0 bridgehead atoms. The van der Waals surface area contributed by atoms with Crippen LogP contribution in [0.2, 0.25) is 0 Å². The molecule has 0 aromatic heterocycles. The van der Waals surface area contributed by atoms with Crippen molar-refractivity contribution in [3.63, 3.8) is 0 Å². The number of β-amino-alcohol motifs (C(OH)–C–C–N with tert-alkyl or cyclic N) is 2. The van der Waals surface area contributed by atoms with Crippen LogP contribution in [0.4, 0.5) is 0 Å². The average molecular weight is 265 g/mol. The summed E-state index contributed by atoms with van der Waals surface area (Å²) in [4.78, 5) is 2.10. The SMILES string of the molecule is O[C@@H]1CCCN(C[C@H](O)COCc2ccccc2)C1. The van der Waals surface area contributed by atoms with Crippen LogP contribution in [0, 0.1) is 0 Å². The lowest BCUT2D eigenvalue weighted by atomic mass is 10.1. The van der Waals surface area contributed by atoms with E-state index in [0.29, 0.717) is 26.3 Å². The van der Waals surface area contributed by atoms with E-state index in [1.807, 2.05) is 30.3 Å². The Hall–Kier alpha value is -0.940. The van der Waals surface area contributed by atoms with Gasteiger partial charge in [-0.15, -0.1) is 0 Å².